The number of benzene rings is 2. The smallest absolute Gasteiger partial charge is 0.267 e. The maximum atomic E-state index is 12.7. The first kappa shape index (κ1) is 18.6. The van der Waals surface area contributed by atoms with Gasteiger partial charge < -0.3 is 5.32 Å². The second kappa shape index (κ2) is 8.53. The van der Waals surface area contributed by atoms with E-state index < -0.39 is 0 Å². The van der Waals surface area contributed by atoms with Gasteiger partial charge in [0.1, 0.15) is 9.88 Å². The summed E-state index contributed by atoms with van der Waals surface area (Å²) in [7, 11) is 0. The van der Waals surface area contributed by atoms with Crippen LogP contribution in [0.2, 0.25) is 0 Å². The first-order valence-corrected chi connectivity index (χ1v) is 9.78. The van der Waals surface area contributed by atoms with Gasteiger partial charge in [-0.05, 0) is 55.5 Å². The molecule has 0 atom stereocenters. The molecule has 142 valence electrons. The first-order valence-electron chi connectivity index (χ1n) is 8.96. The van der Waals surface area contributed by atoms with E-state index in [4.69, 9.17) is 0 Å². The van der Waals surface area contributed by atoms with Gasteiger partial charge in [0.2, 0.25) is 0 Å². The third kappa shape index (κ3) is 4.59. The zero-order valence-electron chi connectivity index (χ0n) is 15.6. The number of azo groups is 1. The van der Waals surface area contributed by atoms with E-state index in [2.05, 4.69) is 25.5 Å². The van der Waals surface area contributed by atoms with Gasteiger partial charge in [-0.25, -0.2) is 4.98 Å². The summed E-state index contributed by atoms with van der Waals surface area (Å²) in [6.07, 6.45) is 1.71. The van der Waals surface area contributed by atoms with Crippen molar-refractivity contribution in [3.8, 4) is 10.7 Å². The molecule has 0 saturated heterocycles. The van der Waals surface area contributed by atoms with Gasteiger partial charge in [0.25, 0.3) is 5.91 Å². The van der Waals surface area contributed by atoms with Gasteiger partial charge in [-0.3, -0.25) is 9.78 Å². The summed E-state index contributed by atoms with van der Waals surface area (Å²) in [5.74, 6) is -0.194. The van der Waals surface area contributed by atoms with Gasteiger partial charge in [0, 0.05) is 11.9 Å². The monoisotopic (exact) mass is 399 g/mol. The van der Waals surface area contributed by atoms with Crippen molar-refractivity contribution in [1.29, 1.82) is 0 Å². The highest BCUT2D eigenvalue weighted by Gasteiger charge is 2.16. The number of carbonyl (C=O) groups is 1. The molecule has 0 bridgehead atoms. The summed E-state index contributed by atoms with van der Waals surface area (Å²) in [6.45, 7) is 1.82. The summed E-state index contributed by atoms with van der Waals surface area (Å²) in [5, 5.41) is 12.0. The standard InChI is InChI=1S/C22H17N5OS/c1-15-20(29-22(24-15)19-9-5-6-14-23-19)21(28)25-16-10-12-18(13-11-16)27-26-17-7-3-2-4-8-17/h2-14H,1H3,(H,25,28). The molecule has 2 aromatic heterocycles. The number of anilines is 1. The topological polar surface area (TPSA) is 79.6 Å². The zero-order valence-corrected chi connectivity index (χ0v) is 16.4. The molecule has 0 aliphatic carbocycles. The number of pyridine rings is 1. The van der Waals surface area contributed by atoms with E-state index in [1.807, 2.05) is 55.5 Å². The number of aryl methyl sites for hydroxylation is 1. The molecule has 1 amide bonds. The average molecular weight is 399 g/mol. The van der Waals surface area contributed by atoms with E-state index in [0.29, 0.717) is 21.9 Å². The molecule has 0 unspecified atom stereocenters. The maximum Gasteiger partial charge on any atom is 0.267 e. The number of nitrogens with one attached hydrogen (secondary N) is 1. The Bertz CT molecular complexity index is 1140. The van der Waals surface area contributed by atoms with Gasteiger partial charge in [-0.2, -0.15) is 10.2 Å². The van der Waals surface area contributed by atoms with E-state index in [1.165, 1.54) is 11.3 Å². The minimum absolute atomic E-state index is 0.194. The van der Waals surface area contributed by atoms with E-state index in [-0.39, 0.29) is 5.91 Å². The van der Waals surface area contributed by atoms with Crippen LogP contribution in [0.15, 0.2) is 89.2 Å². The number of nitrogens with zero attached hydrogens (tertiary/aromatic N) is 4. The molecule has 4 rings (SSSR count). The van der Waals surface area contributed by atoms with Crippen LogP contribution in [0.4, 0.5) is 17.1 Å². The van der Waals surface area contributed by atoms with Crippen molar-refractivity contribution in [1.82, 2.24) is 9.97 Å². The van der Waals surface area contributed by atoms with Gasteiger partial charge in [-0.1, -0.05) is 24.3 Å². The van der Waals surface area contributed by atoms with Crippen LogP contribution >= 0.6 is 11.3 Å². The third-order valence-electron chi connectivity index (χ3n) is 4.05. The van der Waals surface area contributed by atoms with Crippen LogP contribution in [0.5, 0.6) is 0 Å². The Kier molecular flexibility index (Phi) is 5.49. The lowest BCUT2D eigenvalue weighted by atomic mass is 10.2. The highest BCUT2D eigenvalue weighted by atomic mass is 32.1. The van der Waals surface area contributed by atoms with Gasteiger partial charge in [-0.15, -0.1) is 11.3 Å². The van der Waals surface area contributed by atoms with Crippen LogP contribution in [0.3, 0.4) is 0 Å². The zero-order chi connectivity index (χ0) is 20.1. The predicted molar refractivity (Wildman–Crippen MR) is 115 cm³/mol. The van der Waals surface area contributed by atoms with Crippen LogP contribution in [-0.2, 0) is 0 Å². The van der Waals surface area contributed by atoms with Crippen LogP contribution in [0, 0.1) is 6.92 Å². The largest absolute Gasteiger partial charge is 0.321 e. The SMILES string of the molecule is Cc1nc(-c2ccccn2)sc1C(=O)Nc1ccc(N=Nc2ccccc2)cc1. The number of hydrogen-bond donors (Lipinski definition) is 1. The fraction of sp³-hybridized carbons (Fsp3) is 0.0455. The fourth-order valence-electron chi connectivity index (χ4n) is 2.62. The lowest BCUT2D eigenvalue weighted by Gasteiger charge is -2.04. The van der Waals surface area contributed by atoms with Crippen molar-refractivity contribution in [2.75, 3.05) is 5.32 Å². The van der Waals surface area contributed by atoms with Crippen molar-refractivity contribution >= 4 is 34.3 Å². The van der Waals surface area contributed by atoms with E-state index in [0.717, 1.165) is 16.4 Å². The average Bonchev–Trinajstić information content (AvgIpc) is 3.16. The minimum Gasteiger partial charge on any atom is -0.321 e. The van der Waals surface area contributed by atoms with Crippen LogP contribution in [-0.4, -0.2) is 15.9 Å². The molecular formula is C22H17N5OS. The number of hydrogen-bond acceptors (Lipinski definition) is 6. The summed E-state index contributed by atoms with van der Waals surface area (Å²) in [4.78, 5) is 22.0. The molecule has 0 radical (unpaired) electrons. The number of carbonyl (C=O) groups excluding carboxylic acids is 1. The molecule has 2 heterocycles. The normalized spacial score (nSPS) is 10.9. The van der Waals surface area contributed by atoms with E-state index >= 15 is 0 Å². The maximum absolute atomic E-state index is 12.7. The lowest BCUT2D eigenvalue weighted by Crippen LogP contribution is -2.11. The van der Waals surface area contributed by atoms with Crippen molar-refractivity contribution in [3.63, 3.8) is 0 Å². The fourth-order valence-corrected chi connectivity index (χ4v) is 3.55. The summed E-state index contributed by atoms with van der Waals surface area (Å²) in [5.41, 5.74) is 3.61. The molecule has 0 aliphatic heterocycles. The van der Waals surface area contributed by atoms with Crippen molar-refractivity contribution in [2.24, 2.45) is 10.2 Å². The highest BCUT2D eigenvalue weighted by Crippen LogP contribution is 2.27. The molecular weight excluding hydrogens is 382 g/mol. The number of rotatable bonds is 5. The molecule has 7 heteroatoms. The van der Waals surface area contributed by atoms with Gasteiger partial charge in [0.15, 0.2) is 0 Å². The van der Waals surface area contributed by atoms with Crippen molar-refractivity contribution in [2.45, 2.75) is 6.92 Å². The summed E-state index contributed by atoms with van der Waals surface area (Å²) < 4.78 is 0. The Balaban J connectivity index is 1.45. The van der Waals surface area contributed by atoms with Gasteiger partial charge in [0.05, 0.1) is 22.8 Å². The number of aromatic nitrogens is 2. The molecule has 0 spiro atoms. The molecule has 4 aromatic rings. The Morgan fingerprint density at radius 1 is 0.897 bits per heavy atom. The first-order chi connectivity index (χ1) is 14.2. The minimum atomic E-state index is -0.194. The van der Waals surface area contributed by atoms with Crippen LogP contribution in [0.25, 0.3) is 10.7 Å². The summed E-state index contributed by atoms with van der Waals surface area (Å²) in [6, 6.07) is 22.4. The van der Waals surface area contributed by atoms with Crippen molar-refractivity contribution < 1.29 is 4.79 Å². The number of thiazole rings is 1. The molecule has 0 fully saturated rings. The molecule has 2 aromatic carbocycles. The molecule has 0 aliphatic rings. The molecule has 6 nitrogen and oxygen atoms in total. The predicted octanol–water partition coefficient (Wildman–Crippen LogP) is 6.18. The Morgan fingerprint density at radius 3 is 2.28 bits per heavy atom. The van der Waals surface area contributed by atoms with E-state index in [1.54, 1.807) is 30.5 Å². The Labute approximate surface area is 172 Å². The Hall–Kier alpha value is -3.71. The second-order valence-corrected chi connectivity index (χ2v) is 7.18. The second-order valence-electron chi connectivity index (χ2n) is 6.19. The third-order valence-corrected chi connectivity index (χ3v) is 5.23. The molecule has 29 heavy (non-hydrogen) atoms. The van der Waals surface area contributed by atoms with E-state index in [9.17, 15) is 4.79 Å². The van der Waals surface area contributed by atoms with Crippen LogP contribution in [0.1, 0.15) is 15.4 Å². The molecule has 0 saturated carbocycles. The quantitative estimate of drug-likeness (QED) is 0.407. The lowest BCUT2D eigenvalue weighted by molar-refractivity contribution is 0.103. The number of amides is 1. The van der Waals surface area contributed by atoms with Gasteiger partial charge >= 0.3 is 0 Å². The Morgan fingerprint density at radius 2 is 1.59 bits per heavy atom. The molecule has 1 N–H and O–H groups in total. The van der Waals surface area contributed by atoms with Crippen LogP contribution < -0.4 is 5.32 Å². The summed E-state index contributed by atoms with van der Waals surface area (Å²) >= 11 is 1.33. The highest BCUT2D eigenvalue weighted by molar-refractivity contribution is 7.17. The van der Waals surface area contributed by atoms with Crippen molar-refractivity contribution in [3.05, 3.63) is 89.6 Å².